The summed E-state index contributed by atoms with van der Waals surface area (Å²) in [6, 6.07) is 9.46. The topological polar surface area (TPSA) is 55.6 Å². The molecule has 0 atom stereocenters. The number of hydrogen-bond acceptors (Lipinski definition) is 4. The van der Waals surface area contributed by atoms with Crippen LogP contribution in [0.2, 0.25) is 0 Å². The maximum Gasteiger partial charge on any atom is 0.255 e. The molecule has 0 spiro atoms. The summed E-state index contributed by atoms with van der Waals surface area (Å²) in [5, 5.41) is 7.45. The molecule has 1 aromatic carbocycles. The molecule has 0 unspecified atom stereocenters. The van der Waals surface area contributed by atoms with Gasteiger partial charge in [0.2, 0.25) is 0 Å². The minimum Gasteiger partial charge on any atom is -0.364 e. The molecule has 0 saturated carbocycles. The summed E-state index contributed by atoms with van der Waals surface area (Å²) >= 11 is 0. The number of rotatable bonds is 4. The molecule has 0 fully saturated rings. The Bertz CT molecular complexity index is 711. The molecule has 102 valence electrons. The van der Waals surface area contributed by atoms with Gasteiger partial charge in [-0.2, -0.15) is 5.10 Å². The zero-order valence-electron chi connectivity index (χ0n) is 10.4. The second kappa shape index (κ2) is 5.20. The standard InChI is InChI=1S/C13H11F2N5/c14-11(15)7-16-12-10-6-19-20(13(10)18-8-17-12)9-4-2-1-3-5-9/h1-6,8,11H,7H2,(H,16,17,18). The fourth-order valence-corrected chi connectivity index (χ4v) is 1.92. The Balaban J connectivity index is 2.03. The first-order chi connectivity index (χ1) is 9.75. The summed E-state index contributed by atoms with van der Waals surface area (Å²) in [5.74, 6) is 0.359. The van der Waals surface area contributed by atoms with Crippen LogP contribution in [-0.2, 0) is 0 Å². The molecular formula is C13H11F2N5. The van der Waals surface area contributed by atoms with Crippen LogP contribution in [0.3, 0.4) is 0 Å². The molecule has 2 aromatic heterocycles. The quantitative estimate of drug-likeness (QED) is 0.794. The van der Waals surface area contributed by atoms with Gasteiger partial charge < -0.3 is 5.32 Å². The third kappa shape index (κ3) is 2.29. The predicted octanol–water partition coefficient (Wildman–Crippen LogP) is 2.49. The third-order valence-electron chi connectivity index (χ3n) is 2.79. The fraction of sp³-hybridized carbons (Fsp3) is 0.154. The van der Waals surface area contributed by atoms with E-state index in [0.717, 1.165) is 5.69 Å². The van der Waals surface area contributed by atoms with Gasteiger partial charge in [-0.1, -0.05) is 18.2 Å². The minimum atomic E-state index is -2.44. The average Bonchev–Trinajstić information content (AvgIpc) is 2.90. The van der Waals surface area contributed by atoms with E-state index in [0.29, 0.717) is 16.9 Å². The van der Waals surface area contributed by atoms with Crippen molar-refractivity contribution in [1.29, 1.82) is 0 Å². The summed E-state index contributed by atoms with van der Waals surface area (Å²) in [7, 11) is 0. The summed E-state index contributed by atoms with van der Waals surface area (Å²) < 4.78 is 26.2. The van der Waals surface area contributed by atoms with E-state index < -0.39 is 13.0 Å². The maximum atomic E-state index is 12.3. The smallest absolute Gasteiger partial charge is 0.255 e. The molecule has 20 heavy (non-hydrogen) atoms. The molecule has 0 saturated heterocycles. The number of hydrogen-bond donors (Lipinski definition) is 1. The highest BCUT2D eigenvalue weighted by atomic mass is 19.3. The van der Waals surface area contributed by atoms with E-state index in [1.807, 2.05) is 30.3 Å². The molecule has 1 N–H and O–H groups in total. The van der Waals surface area contributed by atoms with Gasteiger partial charge in [-0.05, 0) is 12.1 Å². The van der Waals surface area contributed by atoms with E-state index in [1.165, 1.54) is 6.33 Å². The number of nitrogens with one attached hydrogen (secondary N) is 1. The Morgan fingerprint density at radius 2 is 1.95 bits per heavy atom. The van der Waals surface area contributed by atoms with Crippen LogP contribution in [0.1, 0.15) is 0 Å². The first-order valence-corrected chi connectivity index (χ1v) is 6.02. The van der Waals surface area contributed by atoms with E-state index in [-0.39, 0.29) is 0 Å². The van der Waals surface area contributed by atoms with Crippen LogP contribution in [-0.4, -0.2) is 32.7 Å². The van der Waals surface area contributed by atoms with Gasteiger partial charge in [-0.15, -0.1) is 0 Å². The van der Waals surface area contributed by atoms with Crippen LogP contribution in [0, 0.1) is 0 Å². The number of nitrogens with zero attached hydrogens (tertiary/aromatic N) is 4. The minimum absolute atomic E-state index is 0.359. The molecule has 3 rings (SSSR count). The van der Waals surface area contributed by atoms with E-state index in [1.54, 1.807) is 10.9 Å². The summed E-state index contributed by atoms with van der Waals surface area (Å²) in [4.78, 5) is 8.14. The highest BCUT2D eigenvalue weighted by Gasteiger charge is 2.11. The van der Waals surface area contributed by atoms with Crippen LogP contribution in [0.25, 0.3) is 16.7 Å². The molecule has 0 amide bonds. The molecule has 2 heterocycles. The van der Waals surface area contributed by atoms with E-state index >= 15 is 0 Å². The lowest BCUT2D eigenvalue weighted by Gasteiger charge is -2.06. The highest BCUT2D eigenvalue weighted by molar-refractivity contribution is 5.87. The van der Waals surface area contributed by atoms with Crippen molar-refractivity contribution in [3.05, 3.63) is 42.9 Å². The lowest BCUT2D eigenvalue weighted by Crippen LogP contribution is -2.11. The van der Waals surface area contributed by atoms with Crippen molar-refractivity contribution in [3.8, 4) is 5.69 Å². The second-order valence-electron chi connectivity index (χ2n) is 4.12. The van der Waals surface area contributed by atoms with Gasteiger partial charge in [0.25, 0.3) is 6.43 Å². The zero-order valence-corrected chi connectivity index (χ0v) is 10.4. The number of anilines is 1. The first-order valence-electron chi connectivity index (χ1n) is 6.02. The third-order valence-corrected chi connectivity index (χ3v) is 2.79. The largest absolute Gasteiger partial charge is 0.364 e. The number of para-hydroxylation sites is 1. The lowest BCUT2D eigenvalue weighted by atomic mass is 10.3. The van der Waals surface area contributed by atoms with Crippen LogP contribution >= 0.6 is 0 Å². The average molecular weight is 275 g/mol. The van der Waals surface area contributed by atoms with Crippen LogP contribution in [0.4, 0.5) is 14.6 Å². The Morgan fingerprint density at radius 3 is 2.70 bits per heavy atom. The lowest BCUT2D eigenvalue weighted by molar-refractivity contribution is 0.163. The van der Waals surface area contributed by atoms with Crippen molar-refractivity contribution in [2.75, 3.05) is 11.9 Å². The molecule has 0 aliphatic carbocycles. The maximum absolute atomic E-state index is 12.3. The molecule has 7 heteroatoms. The van der Waals surface area contributed by atoms with E-state index in [4.69, 9.17) is 0 Å². The number of aromatic nitrogens is 4. The Labute approximate surface area is 113 Å². The Kier molecular flexibility index (Phi) is 3.24. The fourth-order valence-electron chi connectivity index (χ4n) is 1.92. The summed E-state index contributed by atoms with van der Waals surface area (Å²) in [5.41, 5.74) is 1.42. The normalized spacial score (nSPS) is 11.2. The van der Waals surface area contributed by atoms with Gasteiger partial charge in [-0.25, -0.2) is 23.4 Å². The second-order valence-corrected chi connectivity index (χ2v) is 4.12. The van der Waals surface area contributed by atoms with Crippen molar-refractivity contribution in [1.82, 2.24) is 19.7 Å². The van der Waals surface area contributed by atoms with Gasteiger partial charge in [0.05, 0.1) is 23.8 Å². The highest BCUT2D eigenvalue weighted by Crippen LogP contribution is 2.21. The number of fused-ring (bicyclic) bond motifs is 1. The van der Waals surface area contributed by atoms with Crippen molar-refractivity contribution in [2.45, 2.75) is 6.43 Å². The zero-order chi connectivity index (χ0) is 13.9. The molecule has 0 aliphatic heterocycles. The molecule has 0 radical (unpaired) electrons. The molecular weight excluding hydrogens is 264 g/mol. The van der Waals surface area contributed by atoms with Gasteiger partial charge in [0.15, 0.2) is 5.65 Å². The SMILES string of the molecule is FC(F)CNc1ncnc2c1cnn2-c1ccccc1. The number of halogens is 2. The van der Waals surface area contributed by atoms with Gasteiger partial charge in [-0.3, -0.25) is 0 Å². The molecule has 0 bridgehead atoms. The first kappa shape index (κ1) is 12.5. The monoisotopic (exact) mass is 275 g/mol. The molecule has 0 aliphatic rings. The molecule has 3 aromatic rings. The van der Waals surface area contributed by atoms with Crippen LogP contribution in [0.15, 0.2) is 42.9 Å². The van der Waals surface area contributed by atoms with Crippen LogP contribution < -0.4 is 5.32 Å². The molecule has 5 nitrogen and oxygen atoms in total. The van der Waals surface area contributed by atoms with Gasteiger partial charge in [0.1, 0.15) is 12.1 Å². The van der Waals surface area contributed by atoms with E-state index in [9.17, 15) is 8.78 Å². The summed E-state index contributed by atoms with van der Waals surface area (Å²) in [6.07, 6.45) is 0.456. The number of alkyl halides is 2. The van der Waals surface area contributed by atoms with Crippen LogP contribution in [0.5, 0.6) is 0 Å². The van der Waals surface area contributed by atoms with Crippen molar-refractivity contribution >= 4 is 16.9 Å². The van der Waals surface area contributed by atoms with Crippen molar-refractivity contribution < 1.29 is 8.78 Å². The van der Waals surface area contributed by atoms with Crippen molar-refractivity contribution in [2.24, 2.45) is 0 Å². The number of benzene rings is 1. The predicted molar refractivity (Wildman–Crippen MR) is 71.2 cm³/mol. The Hall–Kier alpha value is -2.57. The van der Waals surface area contributed by atoms with E-state index in [2.05, 4.69) is 20.4 Å². The van der Waals surface area contributed by atoms with Crippen molar-refractivity contribution in [3.63, 3.8) is 0 Å². The Morgan fingerprint density at radius 1 is 1.15 bits per heavy atom. The van der Waals surface area contributed by atoms with Gasteiger partial charge in [0, 0.05) is 0 Å². The summed E-state index contributed by atoms with van der Waals surface area (Å²) in [6.45, 7) is -0.456. The van der Waals surface area contributed by atoms with Gasteiger partial charge >= 0.3 is 0 Å².